The summed E-state index contributed by atoms with van der Waals surface area (Å²) in [6, 6.07) is 9.49. The van der Waals surface area contributed by atoms with E-state index in [1.807, 2.05) is 12.1 Å². The maximum absolute atomic E-state index is 12.1. The molecule has 5 heteroatoms. The van der Waals surface area contributed by atoms with Crippen molar-refractivity contribution in [1.82, 2.24) is 0 Å². The van der Waals surface area contributed by atoms with Crippen molar-refractivity contribution in [3.05, 3.63) is 47.5 Å². The Bertz CT molecular complexity index is 691. The Morgan fingerprint density at radius 1 is 1.29 bits per heavy atom. The second kappa shape index (κ2) is 5.01. The molecule has 5 nitrogen and oxygen atoms in total. The highest BCUT2D eigenvalue weighted by Crippen LogP contribution is 2.40. The molecule has 2 aromatic carbocycles. The van der Waals surface area contributed by atoms with Gasteiger partial charge < -0.3 is 19.7 Å². The van der Waals surface area contributed by atoms with Crippen LogP contribution >= 0.6 is 0 Å². The maximum atomic E-state index is 12.1. The summed E-state index contributed by atoms with van der Waals surface area (Å²) >= 11 is 0. The number of hydrogen-bond donors (Lipinski definition) is 1. The second-order valence-electron chi connectivity index (χ2n) is 4.82. The fourth-order valence-corrected chi connectivity index (χ4v) is 2.41. The van der Waals surface area contributed by atoms with Gasteiger partial charge in [0.15, 0.2) is 5.78 Å². The Morgan fingerprint density at radius 2 is 2.00 bits per heavy atom. The third-order valence-corrected chi connectivity index (χ3v) is 3.46. The van der Waals surface area contributed by atoms with Gasteiger partial charge in [-0.05, 0) is 23.8 Å². The molecule has 21 heavy (non-hydrogen) atoms. The van der Waals surface area contributed by atoms with Crippen LogP contribution in [0.5, 0.6) is 23.0 Å². The number of ether oxygens (including phenoxy) is 2. The SMILES string of the molecule is COc1ccc(C2CC(=O)c3c([O-])cc(O)cc3O2)cc1. The van der Waals surface area contributed by atoms with Crippen LogP contribution in [-0.2, 0) is 0 Å². The van der Waals surface area contributed by atoms with E-state index in [9.17, 15) is 15.0 Å². The number of ketones is 1. The number of hydrogen-bond acceptors (Lipinski definition) is 5. The fraction of sp³-hybridized carbons (Fsp3) is 0.188. The first-order valence-electron chi connectivity index (χ1n) is 6.46. The average molecular weight is 285 g/mol. The van der Waals surface area contributed by atoms with Gasteiger partial charge in [0.25, 0.3) is 0 Å². The van der Waals surface area contributed by atoms with Crippen LogP contribution < -0.4 is 14.6 Å². The molecule has 0 bridgehead atoms. The molecule has 1 N–H and O–H groups in total. The third kappa shape index (κ3) is 2.38. The summed E-state index contributed by atoms with van der Waals surface area (Å²) in [5, 5.41) is 21.2. The lowest BCUT2D eigenvalue weighted by Gasteiger charge is -2.28. The van der Waals surface area contributed by atoms with E-state index in [-0.39, 0.29) is 29.3 Å². The molecule has 1 aliphatic rings. The topological polar surface area (TPSA) is 78.8 Å². The lowest BCUT2D eigenvalue weighted by molar-refractivity contribution is -0.269. The molecule has 108 valence electrons. The number of fused-ring (bicyclic) bond motifs is 1. The minimum Gasteiger partial charge on any atom is -0.872 e. The van der Waals surface area contributed by atoms with Gasteiger partial charge in [0, 0.05) is 6.07 Å². The third-order valence-electron chi connectivity index (χ3n) is 3.46. The molecule has 1 heterocycles. The van der Waals surface area contributed by atoms with E-state index in [4.69, 9.17) is 9.47 Å². The molecule has 0 saturated heterocycles. The highest BCUT2D eigenvalue weighted by atomic mass is 16.5. The number of carbonyl (C=O) groups excluding carboxylic acids is 1. The molecule has 0 radical (unpaired) electrons. The average Bonchev–Trinajstić information content (AvgIpc) is 2.46. The van der Waals surface area contributed by atoms with Gasteiger partial charge in [0.1, 0.15) is 23.4 Å². The van der Waals surface area contributed by atoms with Crippen molar-refractivity contribution in [2.24, 2.45) is 0 Å². The van der Waals surface area contributed by atoms with Gasteiger partial charge in [-0.25, -0.2) is 0 Å². The highest BCUT2D eigenvalue weighted by Gasteiger charge is 2.28. The van der Waals surface area contributed by atoms with E-state index in [1.54, 1.807) is 19.2 Å². The Morgan fingerprint density at radius 3 is 2.67 bits per heavy atom. The van der Waals surface area contributed by atoms with Crippen molar-refractivity contribution in [2.45, 2.75) is 12.5 Å². The van der Waals surface area contributed by atoms with Gasteiger partial charge in [-0.1, -0.05) is 17.9 Å². The monoisotopic (exact) mass is 285 g/mol. The van der Waals surface area contributed by atoms with E-state index in [0.29, 0.717) is 5.75 Å². The van der Waals surface area contributed by atoms with Crippen molar-refractivity contribution < 1.29 is 24.5 Å². The van der Waals surface area contributed by atoms with Gasteiger partial charge in [0.05, 0.1) is 19.1 Å². The lowest BCUT2D eigenvalue weighted by atomic mass is 9.95. The Labute approximate surface area is 121 Å². The standard InChI is InChI=1S/C16H14O5/c1-20-11-4-2-9(3-5-11)14-8-13(19)16-12(18)6-10(17)7-15(16)21-14/h2-7,14,17-18H,8H2,1H3/p-1. The molecular weight excluding hydrogens is 272 g/mol. The Kier molecular flexibility index (Phi) is 3.17. The number of phenols is 1. The largest absolute Gasteiger partial charge is 0.872 e. The zero-order chi connectivity index (χ0) is 15.0. The molecule has 0 fully saturated rings. The molecule has 0 aromatic heterocycles. The minimum atomic E-state index is -0.511. The fourth-order valence-electron chi connectivity index (χ4n) is 2.41. The number of methoxy groups -OCH3 is 1. The number of aromatic hydroxyl groups is 1. The van der Waals surface area contributed by atoms with Gasteiger partial charge >= 0.3 is 0 Å². The van der Waals surface area contributed by atoms with E-state index < -0.39 is 11.9 Å². The number of rotatable bonds is 2. The van der Waals surface area contributed by atoms with Crippen molar-refractivity contribution in [3.8, 4) is 23.0 Å². The number of Topliss-reactive ketones (excluding diaryl/α,β-unsaturated/α-hetero) is 1. The molecule has 0 amide bonds. The van der Waals surface area contributed by atoms with Gasteiger partial charge in [0.2, 0.25) is 0 Å². The molecule has 0 saturated carbocycles. The summed E-state index contributed by atoms with van der Waals surface area (Å²) in [6.45, 7) is 0. The van der Waals surface area contributed by atoms with Crippen molar-refractivity contribution in [1.29, 1.82) is 0 Å². The summed E-state index contributed by atoms with van der Waals surface area (Å²) in [5.41, 5.74) is 0.822. The zero-order valence-corrected chi connectivity index (χ0v) is 11.3. The van der Waals surface area contributed by atoms with E-state index in [1.165, 1.54) is 6.07 Å². The minimum absolute atomic E-state index is 0.0116. The molecule has 1 unspecified atom stereocenters. The number of benzene rings is 2. The Hall–Kier alpha value is -2.69. The normalized spacial score (nSPS) is 17.0. The quantitative estimate of drug-likeness (QED) is 0.915. The van der Waals surface area contributed by atoms with Crippen molar-refractivity contribution >= 4 is 5.78 Å². The van der Waals surface area contributed by atoms with E-state index >= 15 is 0 Å². The first-order valence-corrected chi connectivity index (χ1v) is 6.46. The van der Waals surface area contributed by atoms with Crippen LogP contribution in [0.15, 0.2) is 36.4 Å². The molecule has 0 aliphatic carbocycles. The van der Waals surface area contributed by atoms with E-state index in [2.05, 4.69) is 0 Å². The Balaban J connectivity index is 1.95. The summed E-state index contributed by atoms with van der Waals surface area (Å²) < 4.78 is 10.8. The van der Waals surface area contributed by atoms with Crippen LogP contribution in [0.2, 0.25) is 0 Å². The summed E-state index contributed by atoms with van der Waals surface area (Å²) in [7, 11) is 1.57. The molecule has 3 rings (SSSR count). The first-order chi connectivity index (χ1) is 10.1. The van der Waals surface area contributed by atoms with E-state index in [0.717, 1.165) is 11.6 Å². The maximum Gasteiger partial charge on any atom is 0.170 e. The lowest BCUT2D eigenvalue weighted by Crippen LogP contribution is -2.21. The summed E-state index contributed by atoms with van der Waals surface area (Å²) in [4.78, 5) is 12.1. The van der Waals surface area contributed by atoms with Gasteiger partial charge in [-0.2, -0.15) is 0 Å². The van der Waals surface area contributed by atoms with Crippen LogP contribution in [0.1, 0.15) is 28.4 Å². The van der Waals surface area contributed by atoms with Crippen molar-refractivity contribution in [2.75, 3.05) is 7.11 Å². The van der Waals surface area contributed by atoms with Gasteiger partial charge in [-0.3, -0.25) is 4.79 Å². The molecule has 1 aliphatic heterocycles. The number of phenolic OH excluding ortho intramolecular Hbond substituents is 1. The number of carbonyl (C=O) groups is 1. The van der Waals surface area contributed by atoms with Crippen LogP contribution in [0.3, 0.4) is 0 Å². The molecule has 1 atom stereocenters. The van der Waals surface area contributed by atoms with Crippen LogP contribution in [-0.4, -0.2) is 18.0 Å². The first kappa shape index (κ1) is 13.3. The molecule has 2 aromatic rings. The summed E-state index contributed by atoms with van der Waals surface area (Å²) in [5.74, 6) is -0.148. The smallest absolute Gasteiger partial charge is 0.170 e. The highest BCUT2D eigenvalue weighted by molar-refractivity contribution is 6.02. The molecule has 0 spiro atoms. The van der Waals surface area contributed by atoms with Crippen molar-refractivity contribution in [3.63, 3.8) is 0 Å². The summed E-state index contributed by atoms with van der Waals surface area (Å²) in [6.07, 6.45) is -0.378. The van der Waals surface area contributed by atoms with Crippen LogP contribution in [0.25, 0.3) is 0 Å². The van der Waals surface area contributed by atoms with Crippen LogP contribution in [0, 0.1) is 0 Å². The zero-order valence-electron chi connectivity index (χ0n) is 11.3. The van der Waals surface area contributed by atoms with Crippen LogP contribution in [0.4, 0.5) is 0 Å². The predicted molar refractivity (Wildman–Crippen MR) is 72.9 cm³/mol. The predicted octanol–water partition coefficient (Wildman–Crippen LogP) is 2.18. The molecular formula is C16H13O5-. The van der Waals surface area contributed by atoms with Gasteiger partial charge in [-0.15, -0.1) is 0 Å². The second-order valence-corrected chi connectivity index (χ2v) is 4.82.